The van der Waals surface area contributed by atoms with E-state index in [0.717, 1.165) is 30.5 Å². The maximum absolute atomic E-state index is 11.6. The first-order valence-electron chi connectivity index (χ1n) is 6.78. The Morgan fingerprint density at radius 3 is 2.55 bits per heavy atom. The zero-order valence-corrected chi connectivity index (χ0v) is 12.1. The summed E-state index contributed by atoms with van der Waals surface area (Å²) in [6, 6.07) is 5.61. The van der Waals surface area contributed by atoms with Crippen LogP contribution in [0.1, 0.15) is 31.7 Å². The topological polar surface area (TPSA) is 59.9 Å². The van der Waals surface area contributed by atoms with Gasteiger partial charge in [0.05, 0.1) is 19.9 Å². The minimum atomic E-state index is 0.0106. The molecule has 1 aliphatic carbocycles. The molecular formula is C15H20N2O3. The van der Waals surface area contributed by atoms with Crippen LogP contribution in [0.3, 0.4) is 0 Å². The summed E-state index contributed by atoms with van der Waals surface area (Å²) in [6.45, 7) is 2.00. The van der Waals surface area contributed by atoms with Gasteiger partial charge in [-0.15, -0.1) is 0 Å². The Kier molecular flexibility index (Phi) is 4.61. The summed E-state index contributed by atoms with van der Waals surface area (Å²) in [6.07, 6.45) is 2.67. The molecule has 0 saturated heterocycles. The highest BCUT2D eigenvalue weighted by molar-refractivity contribution is 6.01. The second-order valence-electron chi connectivity index (χ2n) is 4.73. The Morgan fingerprint density at radius 2 is 2.00 bits per heavy atom. The second-order valence-corrected chi connectivity index (χ2v) is 4.73. The van der Waals surface area contributed by atoms with E-state index in [1.165, 1.54) is 0 Å². The van der Waals surface area contributed by atoms with E-state index in [0.29, 0.717) is 11.5 Å². The third kappa shape index (κ3) is 3.29. The number of nitrogens with one attached hydrogen (secondary N) is 1. The van der Waals surface area contributed by atoms with Crippen molar-refractivity contribution in [1.82, 2.24) is 5.43 Å². The number of benzene rings is 1. The minimum Gasteiger partial charge on any atom is -0.493 e. The number of hydrazone groups is 1. The summed E-state index contributed by atoms with van der Waals surface area (Å²) in [5.74, 6) is 1.49. The van der Waals surface area contributed by atoms with Gasteiger partial charge in [0, 0.05) is 11.5 Å². The van der Waals surface area contributed by atoms with Gasteiger partial charge in [0.15, 0.2) is 11.5 Å². The summed E-state index contributed by atoms with van der Waals surface area (Å²) in [4.78, 5) is 11.6. The van der Waals surface area contributed by atoms with E-state index in [2.05, 4.69) is 10.5 Å². The molecular weight excluding hydrogens is 256 g/mol. The first-order valence-corrected chi connectivity index (χ1v) is 6.78. The lowest BCUT2D eigenvalue weighted by molar-refractivity contribution is -0.122. The molecule has 0 unspecified atom stereocenters. The number of nitrogens with zero attached hydrogens (tertiary/aromatic N) is 1. The van der Waals surface area contributed by atoms with Gasteiger partial charge in [-0.1, -0.05) is 6.92 Å². The van der Waals surface area contributed by atoms with Crippen LogP contribution in [-0.4, -0.2) is 25.8 Å². The number of amides is 1. The highest BCUT2D eigenvalue weighted by Crippen LogP contribution is 2.29. The van der Waals surface area contributed by atoms with E-state index in [9.17, 15) is 4.79 Å². The van der Waals surface area contributed by atoms with Crippen molar-refractivity contribution in [3.05, 3.63) is 23.8 Å². The highest BCUT2D eigenvalue weighted by atomic mass is 16.5. The average molecular weight is 276 g/mol. The molecule has 1 fully saturated rings. The Labute approximate surface area is 119 Å². The van der Waals surface area contributed by atoms with Crippen molar-refractivity contribution in [2.24, 2.45) is 11.0 Å². The van der Waals surface area contributed by atoms with Crippen molar-refractivity contribution in [1.29, 1.82) is 0 Å². The fourth-order valence-electron chi connectivity index (χ4n) is 1.92. The van der Waals surface area contributed by atoms with Crippen LogP contribution in [0.4, 0.5) is 0 Å². The van der Waals surface area contributed by atoms with E-state index < -0.39 is 0 Å². The Bertz CT molecular complexity index is 522. The first kappa shape index (κ1) is 14.4. The number of carbonyl (C=O) groups excluding carboxylic acids is 1. The molecule has 108 valence electrons. The summed E-state index contributed by atoms with van der Waals surface area (Å²) in [7, 11) is 3.20. The molecule has 1 aliphatic rings. The van der Waals surface area contributed by atoms with E-state index in [1.54, 1.807) is 14.2 Å². The third-order valence-electron chi connectivity index (χ3n) is 3.30. The molecule has 0 aromatic heterocycles. The predicted molar refractivity (Wildman–Crippen MR) is 77.2 cm³/mol. The van der Waals surface area contributed by atoms with Crippen LogP contribution in [0.2, 0.25) is 0 Å². The SMILES string of the molecule is CC/C(=N\NC(=O)C1CC1)c1ccc(OC)c(OC)c1. The number of ether oxygens (including phenoxy) is 2. The van der Waals surface area contributed by atoms with Gasteiger partial charge >= 0.3 is 0 Å². The highest BCUT2D eigenvalue weighted by Gasteiger charge is 2.29. The number of hydrogen-bond acceptors (Lipinski definition) is 4. The van der Waals surface area contributed by atoms with Crippen LogP contribution >= 0.6 is 0 Å². The smallest absolute Gasteiger partial charge is 0.243 e. The maximum atomic E-state index is 11.6. The zero-order chi connectivity index (χ0) is 14.5. The molecule has 0 atom stereocenters. The molecule has 1 N–H and O–H groups in total. The fourth-order valence-corrected chi connectivity index (χ4v) is 1.92. The van der Waals surface area contributed by atoms with Gasteiger partial charge in [0.1, 0.15) is 0 Å². The van der Waals surface area contributed by atoms with Gasteiger partial charge in [0.25, 0.3) is 0 Å². The monoisotopic (exact) mass is 276 g/mol. The van der Waals surface area contributed by atoms with Crippen LogP contribution in [0.15, 0.2) is 23.3 Å². The molecule has 0 heterocycles. The van der Waals surface area contributed by atoms with Crippen molar-refractivity contribution >= 4 is 11.6 Å². The van der Waals surface area contributed by atoms with Crippen molar-refractivity contribution in [2.75, 3.05) is 14.2 Å². The molecule has 0 spiro atoms. The zero-order valence-electron chi connectivity index (χ0n) is 12.1. The Morgan fingerprint density at radius 1 is 1.30 bits per heavy atom. The van der Waals surface area contributed by atoms with E-state index in [4.69, 9.17) is 9.47 Å². The Balaban J connectivity index is 2.17. The maximum Gasteiger partial charge on any atom is 0.243 e. The van der Waals surface area contributed by atoms with Gasteiger partial charge in [-0.2, -0.15) is 5.10 Å². The van der Waals surface area contributed by atoms with Gasteiger partial charge in [-0.25, -0.2) is 5.43 Å². The van der Waals surface area contributed by atoms with Crippen LogP contribution in [0, 0.1) is 5.92 Å². The largest absolute Gasteiger partial charge is 0.493 e. The molecule has 0 bridgehead atoms. The van der Waals surface area contributed by atoms with E-state index in [-0.39, 0.29) is 11.8 Å². The van der Waals surface area contributed by atoms with Crippen molar-refractivity contribution < 1.29 is 14.3 Å². The quantitative estimate of drug-likeness (QED) is 0.641. The summed E-state index contributed by atoms with van der Waals surface area (Å²) < 4.78 is 10.5. The number of rotatable bonds is 6. The second kappa shape index (κ2) is 6.41. The number of methoxy groups -OCH3 is 2. The van der Waals surface area contributed by atoms with Crippen molar-refractivity contribution in [3.8, 4) is 11.5 Å². The standard InChI is InChI=1S/C15H20N2O3/c1-4-12(16-17-15(18)10-5-6-10)11-7-8-13(19-2)14(9-11)20-3/h7-10H,4-6H2,1-3H3,(H,17,18)/b16-12+. The lowest BCUT2D eigenvalue weighted by Crippen LogP contribution is -2.21. The molecule has 1 amide bonds. The number of carbonyl (C=O) groups is 1. The molecule has 20 heavy (non-hydrogen) atoms. The molecule has 0 aliphatic heterocycles. The molecule has 2 rings (SSSR count). The summed E-state index contributed by atoms with van der Waals surface area (Å²) >= 11 is 0. The lowest BCUT2D eigenvalue weighted by Gasteiger charge is -2.10. The molecule has 0 radical (unpaired) electrons. The normalized spacial score (nSPS) is 14.8. The van der Waals surface area contributed by atoms with Gasteiger partial charge < -0.3 is 9.47 Å². The van der Waals surface area contributed by atoms with Crippen LogP contribution in [-0.2, 0) is 4.79 Å². The third-order valence-corrected chi connectivity index (χ3v) is 3.30. The fraction of sp³-hybridized carbons (Fsp3) is 0.467. The first-order chi connectivity index (χ1) is 9.69. The summed E-state index contributed by atoms with van der Waals surface area (Å²) in [5, 5.41) is 4.23. The lowest BCUT2D eigenvalue weighted by atomic mass is 10.1. The van der Waals surface area contributed by atoms with Crippen molar-refractivity contribution in [3.63, 3.8) is 0 Å². The predicted octanol–water partition coefficient (Wildman–Crippen LogP) is 2.34. The number of hydrogen-bond donors (Lipinski definition) is 1. The molecule has 5 nitrogen and oxygen atoms in total. The van der Waals surface area contributed by atoms with Crippen LogP contribution in [0.5, 0.6) is 11.5 Å². The van der Waals surface area contributed by atoms with Gasteiger partial charge in [0.2, 0.25) is 5.91 Å². The van der Waals surface area contributed by atoms with Crippen LogP contribution < -0.4 is 14.9 Å². The Hall–Kier alpha value is -2.04. The van der Waals surface area contributed by atoms with Gasteiger partial charge in [-0.05, 0) is 37.5 Å². The van der Waals surface area contributed by atoms with E-state index in [1.807, 2.05) is 25.1 Å². The molecule has 5 heteroatoms. The molecule has 1 saturated carbocycles. The average Bonchev–Trinajstić information content (AvgIpc) is 3.32. The van der Waals surface area contributed by atoms with Gasteiger partial charge in [-0.3, -0.25) is 4.79 Å². The molecule has 1 aromatic rings. The van der Waals surface area contributed by atoms with E-state index >= 15 is 0 Å². The molecule has 1 aromatic carbocycles. The van der Waals surface area contributed by atoms with Crippen molar-refractivity contribution in [2.45, 2.75) is 26.2 Å². The summed E-state index contributed by atoms with van der Waals surface area (Å²) in [5.41, 5.74) is 4.37. The van der Waals surface area contributed by atoms with Crippen LogP contribution in [0.25, 0.3) is 0 Å². The minimum absolute atomic E-state index is 0.0106.